The molecule has 0 aliphatic heterocycles. The van der Waals surface area contributed by atoms with Crippen molar-refractivity contribution in [3.63, 3.8) is 0 Å². The van der Waals surface area contributed by atoms with Gasteiger partial charge in [-0.25, -0.2) is 0 Å². The fraction of sp³-hybridized carbons (Fsp3) is 0.600. The molecule has 0 bridgehead atoms. The van der Waals surface area contributed by atoms with E-state index >= 15 is 0 Å². The van der Waals surface area contributed by atoms with Crippen molar-refractivity contribution in [2.24, 2.45) is 0 Å². The molecule has 0 amide bonds. The fourth-order valence-corrected chi connectivity index (χ4v) is 0.435. The lowest BCUT2D eigenvalue weighted by molar-refractivity contribution is -0.339. The molecule has 0 saturated heterocycles. The van der Waals surface area contributed by atoms with Gasteiger partial charge in [0.05, 0.1) is 0 Å². The number of alkyl halides is 7. The molecule has 0 nitrogen and oxygen atoms in total. The Kier molecular flexibility index (Phi) is 3.09. The predicted molar refractivity (Wildman–Crippen MR) is 29.6 cm³/mol. The second-order valence-electron chi connectivity index (χ2n) is 1.87. The quantitative estimate of drug-likeness (QED) is 0.478. The molecule has 76 valence electrons. The summed E-state index contributed by atoms with van der Waals surface area (Å²) in [5.74, 6) is -11.4. The van der Waals surface area contributed by atoms with Crippen molar-refractivity contribution in [3.8, 4) is 11.3 Å². The monoisotopic (exact) mass is 228 g/mol. The van der Waals surface area contributed by atoms with Crippen LogP contribution in [0.15, 0.2) is 0 Å². The van der Waals surface area contributed by atoms with Crippen LogP contribution in [0.2, 0.25) is 0 Å². The van der Waals surface area contributed by atoms with Crippen LogP contribution in [0.4, 0.5) is 30.7 Å². The van der Waals surface area contributed by atoms with Crippen LogP contribution in [-0.2, 0) is 0 Å². The van der Waals surface area contributed by atoms with Crippen molar-refractivity contribution in [1.82, 2.24) is 0 Å². The summed E-state index contributed by atoms with van der Waals surface area (Å²) in [7, 11) is 0. The van der Waals surface area contributed by atoms with Crippen molar-refractivity contribution in [2.45, 2.75) is 18.0 Å². The van der Waals surface area contributed by atoms with Crippen molar-refractivity contribution in [3.05, 3.63) is 0 Å². The summed E-state index contributed by atoms with van der Waals surface area (Å²) in [6.07, 6.45) is -6.36. The second-order valence-corrected chi connectivity index (χ2v) is 2.06. The summed E-state index contributed by atoms with van der Waals surface area (Å²) in [5.41, 5.74) is 0. The first-order chi connectivity index (χ1) is 5.56. The lowest BCUT2D eigenvalue weighted by atomic mass is 10.2. The highest BCUT2D eigenvalue weighted by atomic mass is 35.5. The van der Waals surface area contributed by atoms with Crippen molar-refractivity contribution < 1.29 is 30.7 Å². The molecule has 8 heteroatoms. The topological polar surface area (TPSA) is 0 Å². The summed E-state index contributed by atoms with van der Waals surface area (Å²) in [5, 5.41) is 0.778. The van der Waals surface area contributed by atoms with E-state index in [4.69, 9.17) is 0 Å². The first-order valence-electron chi connectivity index (χ1n) is 2.51. The fourth-order valence-electron chi connectivity index (χ4n) is 0.316. The number of halogens is 8. The Labute approximate surface area is 72.7 Å². The molecule has 0 radical (unpaired) electrons. The smallest absolute Gasteiger partial charge is 0.188 e. The first kappa shape index (κ1) is 12.4. The van der Waals surface area contributed by atoms with Gasteiger partial charge in [-0.3, -0.25) is 0 Å². The molecule has 0 aromatic carbocycles. The molecule has 0 aromatic rings. The summed E-state index contributed by atoms with van der Waals surface area (Å²) in [4.78, 5) is 0. The van der Waals surface area contributed by atoms with Crippen LogP contribution in [0.25, 0.3) is 0 Å². The Morgan fingerprint density at radius 1 is 0.846 bits per heavy atom. The highest BCUT2D eigenvalue weighted by Crippen LogP contribution is 2.45. The lowest BCUT2D eigenvalue weighted by Gasteiger charge is -2.23. The molecular formula is C5ClF7. The van der Waals surface area contributed by atoms with Crippen LogP contribution >= 0.6 is 11.6 Å². The van der Waals surface area contributed by atoms with E-state index in [1.54, 1.807) is 0 Å². The van der Waals surface area contributed by atoms with Gasteiger partial charge in [-0.05, 0) is 17.5 Å². The maximum Gasteiger partial charge on any atom is 0.461 e. The van der Waals surface area contributed by atoms with Crippen molar-refractivity contribution >= 4 is 11.6 Å². The molecule has 0 saturated carbocycles. The summed E-state index contributed by atoms with van der Waals surface area (Å²) in [6.45, 7) is 0. The van der Waals surface area contributed by atoms with Gasteiger partial charge in [0, 0.05) is 5.38 Å². The maximum atomic E-state index is 12.0. The van der Waals surface area contributed by atoms with Gasteiger partial charge in [-0.15, -0.1) is 0 Å². The largest absolute Gasteiger partial charge is 0.461 e. The van der Waals surface area contributed by atoms with Gasteiger partial charge in [0.15, 0.2) is 0 Å². The average molecular weight is 228 g/mol. The summed E-state index contributed by atoms with van der Waals surface area (Å²) in [6, 6.07) is 0. The minimum absolute atomic E-state index is 0.281. The Hall–Kier alpha value is -0.640. The van der Waals surface area contributed by atoms with Gasteiger partial charge in [0.2, 0.25) is 0 Å². The molecule has 0 N–H and O–H groups in total. The van der Waals surface area contributed by atoms with Gasteiger partial charge >= 0.3 is 18.0 Å². The van der Waals surface area contributed by atoms with Crippen molar-refractivity contribution in [1.29, 1.82) is 0 Å². The Bertz CT molecular complexity index is 242. The molecule has 0 rings (SSSR count). The van der Waals surface area contributed by atoms with E-state index in [0.717, 1.165) is 5.38 Å². The number of hydrogen-bond donors (Lipinski definition) is 0. The Morgan fingerprint density at radius 3 is 1.46 bits per heavy atom. The molecule has 0 spiro atoms. The van der Waals surface area contributed by atoms with Gasteiger partial charge in [-0.2, -0.15) is 30.7 Å². The third-order valence-corrected chi connectivity index (χ3v) is 1.05. The lowest BCUT2D eigenvalue weighted by Crippen LogP contribution is -2.51. The van der Waals surface area contributed by atoms with Crippen LogP contribution < -0.4 is 0 Å². The van der Waals surface area contributed by atoms with E-state index in [1.807, 2.05) is 0 Å². The highest BCUT2D eigenvalue weighted by molar-refractivity contribution is 6.30. The van der Waals surface area contributed by atoms with Crippen LogP contribution in [-0.4, -0.2) is 18.0 Å². The predicted octanol–water partition coefficient (Wildman–Crippen LogP) is 3.02. The molecule has 0 aliphatic rings. The Balaban J connectivity index is 5.11. The highest BCUT2D eigenvalue weighted by Gasteiger charge is 2.72. The van der Waals surface area contributed by atoms with Crippen LogP contribution in [0.3, 0.4) is 0 Å². The molecule has 0 heterocycles. The molecule has 0 fully saturated rings. The second kappa shape index (κ2) is 3.25. The van der Waals surface area contributed by atoms with Gasteiger partial charge in [0.1, 0.15) is 0 Å². The zero-order chi connectivity index (χ0) is 10.9. The maximum absolute atomic E-state index is 12.0. The van der Waals surface area contributed by atoms with Gasteiger partial charge < -0.3 is 0 Å². The van der Waals surface area contributed by atoms with Crippen LogP contribution in [0, 0.1) is 11.3 Å². The average Bonchev–Trinajstić information content (AvgIpc) is 1.84. The third-order valence-electron chi connectivity index (χ3n) is 0.955. The molecule has 13 heavy (non-hydrogen) atoms. The van der Waals surface area contributed by atoms with Crippen molar-refractivity contribution in [2.75, 3.05) is 0 Å². The summed E-state index contributed by atoms with van der Waals surface area (Å²) < 4.78 is 81.6. The van der Waals surface area contributed by atoms with E-state index in [1.165, 1.54) is 0 Å². The Morgan fingerprint density at radius 2 is 1.23 bits per heavy atom. The van der Waals surface area contributed by atoms with Crippen LogP contribution in [0.5, 0.6) is 0 Å². The zero-order valence-corrected chi connectivity index (χ0v) is 6.28. The normalized spacial score (nSPS) is 13.5. The third kappa shape index (κ3) is 2.18. The molecule has 0 aliphatic carbocycles. The minimum Gasteiger partial charge on any atom is -0.188 e. The van der Waals surface area contributed by atoms with E-state index in [-0.39, 0.29) is 5.92 Å². The van der Waals surface area contributed by atoms with Gasteiger partial charge in [0.25, 0.3) is 0 Å². The van der Waals surface area contributed by atoms with E-state index in [2.05, 4.69) is 11.6 Å². The minimum atomic E-state index is -6.36. The first-order valence-corrected chi connectivity index (χ1v) is 2.89. The standard InChI is InChI=1S/C5ClF7/c6-2-1-3(7,8)4(9,10)5(11,12)13. The van der Waals surface area contributed by atoms with E-state index in [9.17, 15) is 30.7 Å². The van der Waals surface area contributed by atoms with Crippen LogP contribution in [0.1, 0.15) is 0 Å². The summed E-state index contributed by atoms with van der Waals surface area (Å²) >= 11 is 4.30. The molecule has 0 aromatic heterocycles. The SMILES string of the molecule is FC(F)(F)C(F)(F)C(F)(F)C#CCl. The molecule has 0 unspecified atom stereocenters. The zero-order valence-electron chi connectivity index (χ0n) is 5.52. The van der Waals surface area contributed by atoms with Gasteiger partial charge in [-0.1, -0.05) is 0 Å². The molecule has 0 atom stereocenters. The number of hydrogen-bond acceptors (Lipinski definition) is 0. The van der Waals surface area contributed by atoms with E-state index < -0.39 is 18.0 Å². The molecular weight excluding hydrogens is 228 g/mol. The number of rotatable bonds is 1. The van der Waals surface area contributed by atoms with E-state index in [0.29, 0.717) is 0 Å².